The molecule has 2 rings (SSSR count). The first-order valence-electron chi connectivity index (χ1n) is 5.69. The van der Waals surface area contributed by atoms with Gasteiger partial charge in [0.1, 0.15) is 0 Å². The third-order valence-corrected chi connectivity index (χ3v) is 3.79. The third kappa shape index (κ3) is 3.54. The van der Waals surface area contributed by atoms with Crippen LogP contribution in [0.3, 0.4) is 0 Å². The van der Waals surface area contributed by atoms with Crippen LogP contribution >= 0.6 is 11.8 Å². The lowest BCUT2D eigenvalue weighted by Gasteiger charge is -2.10. The van der Waals surface area contributed by atoms with Crippen LogP contribution in [-0.2, 0) is 7.05 Å². The Morgan fingerprint density at radius 2 is 2.33 bits per heavy atom. The van der Waals surface area contributed by atoms with Crippen LogP contribution in [0.4, 0.5) is 0 Å². The third-order valence-electron chi connectivity index (χ3n) is 2.84. The molecule has 4 heteroatoms. The van der Waals surface area contributed by atoms with E-state index < -0.39 is 0 Å². The maximum absolute atomic E-state index is 4.15. The summed E-state index contributed by atoms with van der Waals surface area (Å²) in [5.74, 6) is 1.14. The Hall–Kier alpha value is -0.480. The Kier molecular flexibility index (Phi) is 4.09. The number of hydrogen-bond acceptors (Lipinski definition) is 3. The van der Waals surface area contributed by atoms with Crippen LogP contribution in [0.15, 0.2) is 17.3 Å². The second-order valence-corrected chi connectivity index (χ2v) is 5.30. The molecule has 0 aliphatic heterocycles. The van der Waals surface area contributed by atoms with Crippen molar-refractivity contribution in [3.8, 4) is 0 Å². The average Bonchev–Trinajstić information content (AvgIpc) is 2.84. The standard InChI is InChI=1S/C11H19N3S/c1-14-9-11(8-13-14)15-7-6-12-10-4-2-3-5-10/h8-10,12H,2-7H2,1H3. The van der Waals surface area contributed by atoms with E-state index in [0.29, 0.717) is 0 Å². The number of thioether (sulfide) groups is 1. The lowest BCUT2D eigenvalue weighted by atomic mass is 10.2. The van der Waals surface area contributed by atoms with E-state index >= 15 is 0 Å². The van der Waals surface area contributed by atoms with Crippen LogP contribution in [0.2, 0.25) is 0 Å². The Morgan fingerprint density at radius 1 is 1.53 bits per heavy atom. The van der Waals surface area contributed by atoms with Gasteiger partial charge in [0.15, 0.2) is 0 Å². The van der Waals surface area contributed by atoms with Crippen LogP contribution < -0.4 is 5.32 Å². The molecule has 0 spiro atoms. The molecule has 0 aromatic carbocycles. The first kappa shape index (κ1) is 11.0. The highest BCUT2D eigenvalue weighted by Crippen LogP contribution is 2.18. The summed E-state index contributed by atoms with van der Waals surface area (Å²) >= 11 is 1.88. The maximum Gasteiger partial charge on any atom is 0.0625 e. The fourth-order valence-corrected chi connectivity index (χ4v) is 2.84. The van der Waals surface area contributed by atoms with E-state index in [0.717, 1.165) is 18.3 Å². The van der Waals surface area contributed by atoms with E-state index in [1.807, 2.05) is 29.7 Å². The van der Waals surface area contributed by atoms with Gasteiger partial charge in [0, 0.05) is 36.5 Å². The quantitative estimate of drug-likeness (QED) is 0.614. The molecule has 1 aliphatic carbocycles. The number of nitrogens with one attached hydrogen (secondary N) is 1. The van der Waals surface area contributed by atoms with Gasteiger partial charge in [-0.25, -0.2) is 0 Å². The summed E-state index contributed by atoms with van der Waals surface area (Å²) < 4.78 is 1.85. The monoisotopic (exact) mass is 225 g/mol. The number of aryl methyl sites for hydroxylation is 1. The summed E-state index contributed by atoms with van der Waals surface area (Å²) in [6, 6.07) is 0.791. The molecule has 84 valence electrons. The number of nitrogens with zero attached hydrogens (tertiary/aromatic N) is 2. The van der Waals surface area contributed by atoms with Crippen molar-refractivity contribution < 1.29 is 0 Å². The van der Waals surface area contributed by atoms with Crippen molar-refractivity contribution >= 4 is 11.8 Å². The van der Waals surface area contributed by atoms with Crippen molar-refractivity contribution in [2.75, 3.05) is 12.3 Å². The minimum absolute atomic E-state index is 0.791. The van der Waals surface area contributed by atoms with Crippen LogP contribution in [0.25, 0.3) is 0 Å². The molecule has 0 atom stereocenters. The van der Waals surface area contributed by atoms with Crippen LogP contribution in [-0.4, -0.2) is 28.1 Å². The fraction of sp³-hybridized carbons (Fsp3) is 0.727. The summed E-state index contributed by atoms with van der Waals surface area (Å²) in [6.45, 7) is 1.12. The fourth-order valence-electron chi connectivity index (χ4n) is 2.04. The summed E-state index contributed by atoms with van der Waals surface area (Å²) in [7, 11) is 1.96. The van der Waals surface area contributed by atoms with Crippen molar-refractivity contribution in [1.82, 2.24) is 15.1 Å². The molecule has 1 aromatic heterocycles. The van der Waals surface area contributed by atoms with Crippen LogP contribution in [0, 0.1) is 0 Å². The van der Waals surface area contributed by atoms with Crippen LogP contribution in [0.1, 0.15) is 25.7 Å². The SMILES string of the molecule is Cn1cc(SCCNC2CCCC2)cn1. The van der Waals surface area contributed by atoms with E-state index in [1.54, 1.807) is 0 Å². The molecule has 0 radical (unpaired) electrons. The first-order chi connectivity index (χ1) is 7.34. The van der Waals surface area contributed by atoms with Crippen molar-refractivity contribution in [2.24, 2.45) is 7.05 Å². The van der Waals surface area contributed by atoms with E-state index in [2.05, 4.69) is 16.6 Å². The Morgan fingerprint density at radius 3 is 3.00 bits per heavy atom. The lowest BCUT2D eigenvalue weighted by molar-refractivity contribution is 0.545. The first-order valence-corrected chi connectivity index (χ1v) is 6.68. The molecule has 1 aliphatic rings. The molecule has 15 heavy (non-hydrogen) atoms. The molecule has 1 heterocycles. The molecule has 1 N–H and O–H groups in total. The Labute approximate surface area is 95.6 Å². The van der Waals surface area contributed by atoms with Gasteiger partial charge in [0.2, 0.25) is 0 Å². The highest BCUT2D eigenvalue weighted by Gasteiger charge is 2.13. The molecular formula is C11H19N3S. The van der Waals surface area contributed by atoms with E-state index in [4.69, 9.17) is 0 Å². The van der Waals surface area contributed by atoms with Gasteiger partial charge in [0.25, 0.3) is 0 Å². The van der Waals surface area contributed by atoms with Gasteiger partial charge < -0.3 is 5.32 Å². The van der Waals surface area contributed by atoms with Gasteiger partial charge in [-0.3, -0.25) is 4.68 Å². The zero-order valence-corrected chi connectivity index (χ0v) is 10.1. The molecule has 0 bridgehead atoms. The molecule has 3 nitrogen and oxygen atoms in total. The van der Waals surface area contributed by atoms with Gasteiger partial charge in [-0.05, 0) is 12.8 Å². The topological polar surface area (TPSA) is 29.9 Å². The minimum atomic E-state index is 0.791. The molecular weight excluding hydrogens is 206 g/mol. The minimum Gasteiger partial charge on any atom is -0.313 e. The van der Waals surface area contributed by atoms with E-state index in [-0.39, 0.29) is 0 Å². The number of aromatic nitrogens is 2. The van der Waals surface area contributed by atoms with E-state index in [9.17, 15) is 0 Å². The maximum atomic E-state index is 4.15. The van der Waals surface area contributed by atoms with Gasteiger partial charge in [-0.1, -0.05) is 12.8 Å². The highest BCUT2D eigenvalue weighted by atomic mass is 32.2. The predicted octanol–water partition coefficient (Wildman–Crippen LogP) is 2.04. The molecule has 0 unspecified atom stereocenters. The van der Waals surface area contributed by atoms with Crippen LogP contribution in [0.5, 0.6) is 0 Å². The molecule has 1 fully saturated rings. The average molecular weight is 225 g/mol. The largest absolute Gasteiger partial charge is 0.313 e. The predicted molar refractivity (Wildman–Crippen MR) is 64.2 cm³/mol. The molecule has 1 aromatic rings. The zero-order valence-electron chi connectivity index (χ0n) is 9.28. The normalized spacial score (nSPS) is 17.4. The van der Waals surface area contributed by atoms with Gasteiger partial charge >= 0.3 is 0 Å². The van der Waals surface area contributed by atoms with Crippen molar-refractivity contribution in [2.45, 2.75) is 36.6 Å². The van der Waals surface area contributed by atoms with Gasteiger partial charge in [-0.15, -0.1) is 11.8 Å². The second kappa shape index (κ2) is 5.56. The summed E-state index contributed by atoms with van der Waals surface area (Å²) in [5.41, 5.74) is 0. The number of hydrogen-bond donors (Lipinski definition) is 1. The Balaban J connectivity index is 1.58. The molecule has 0 saturated heterocycles. The van der Waals surface area contributed by atoms with Gasteiger partial charge in [0.05, 0.1) is 6.20 Å². The van der Waals surface area contributed by atoms with Crippen molar-refractivity contribution in [3.63, 3.8) is 0 Å². The summed E-state index contributed by atoms with van der Waals surface area (Å²) in [5, 5.41) is 7.76. The van der Waals surface area contributed by atoms with Crippen molar-refractivity contribution in [1.29, 1.82) is 0 Å². The lowest BCUT2D eigenvalue weighted by Crippen LogP contribution is -2.27. The van der Waals surface area contributed by atoms with Gasteiger partial charge in [-0.2, -0.15) is 5.10 Å². The zero-order chi connectivity index (χ0) is 10.5. The molecule has 1 saturated carbocycles. The summed E-state index contributed by atoms with van der Waals surface area (Å²) in [6.07, 6.45) is 9.57. The van der Waals surface area contributed by atoms with Crippen molar-refractivity contribution in [3.05, 3.63) is 12.4 Å². The Bertz CT molecular complexity index is 292. The van der Waals surface area contributed by atoms with E-state index in [1.165, 1.54) is 30.6 Å². The smallest absolute Gasteiger partial charge is 0.0625 e. The highest BCUT2D eigenvalue weighted by molar-refractivity contribution is 7.99. The summed E-state index contributed by atoms with van der Waals surface area (Å²) in [4.78, 5) is 1.27. The molecule has 0 amide bonds. The second-order valence-electron chi connectivity index (χ2n) is 4.13. The number of rotatable bonds is 5.